The first kappa shape index (κ1) is 17.2. The maximum absolute atomic E-state index is 10.2. The average molecular weight is 276 g/mol. The molecule has 1 unspecified atom stereocenters. The summed E-state index contributed by atoms with van der Waals surface area (Å²) in [7, 11) is 0. The van der Waals surface area contributed by atoms with Crippen LogP contribution in [0.4, 0.5) is 0 Å². The van der Waals surface area contributed by atoms with Crippen LogP contribution >= 0.6 is 0 Å². The van der Waals surface area contributed by atoms with Crippen molar-refractivity contribution in [3.05, 3.63) is 34.4 Å². The second-order valence-corrected chi connectivity index (χ2v) is 7.67. The minimum absolute atomic E-state index is 0.185. The predicted molar refractivity (Wildman–Crippen MR) is 88.4 cm³/mol. The van der Waals surface area contributed by atoms with E-state index in [0.29, 0.717) is 5.92 Å². The molecule has 0 saturated heterocycles. The van der Waals surface area contributed by atoms with E-state index in [0.717, 1.165) is 19.3 Å². The van der Waals surface area contributed by atoms with Gasteiger partial charge in [-0.2, -0.15) is 0 Å². The van der Waals surface area contributed by atoms with Crippen LogP contribution < -0.4 is 0 Å². The Morgan fingerprint density at radius 3 is 1.90 bits per heavy atom. The third-order valence-electron chi connectivity index (χ3n) is 4.08. The molecule has 1 heteroatoms. The lowest BCUT2D eigenvalue weighted by Gasteiger charge is -2.23. The Labute approximate surface area is 125 Å². The SMILES string of the molecule is Cc1cc(C(C)(C)C)cc(C)c1CC(O)CCC(C)C. The zero-order valence-corrected chi connectivity index (χ0v) is 14.4. The Kier molecular flexibility index (Phi) is 5.82. The van der Waals surface area contributed by atoms with Gasteiger partial charge in [-0.1, -0.05) is 46.8 Å². The fourth-order valence-electron chi connectivity index (χ4n) is 2.61. The van der Waals surface area contributed by atoms with Gasteiger partial charge in [-0.05, 0) is 66.7 Å². The Morgan fingerprint density at radius 2 is 1.50 bits per heavy atom. The van der Waals surface area contributed by atoms with Crippen LogP contribution in [0.3, 0.4) is 0 Å². The standard InChI is InChI=1S/C19H32O/c1-13(2)8-9-17(20)12-18-14(3)10-16(11-15(18)4)19(5,6)7/h10-11,13,17,20H,8-9,12H2,1-7H3. The highest BCUT2D eigenvalue weighted by Crippen LogP contribution is 2.28. The Balaban J connectivity index is 2.86. The zero-order chi connectivity index (χ0) is 15.5. The summed E-state index contributed by atoms with van der Waals surface area (Å²) in [5.41, 5.74) is 5.53. The van der Waals surface area contributed by atoms with Gasteiger partial charge >= 0.3 is 0 Å². The van der Waals surface area contributed by atoms with Crippen molar-refractivity contribution >= 4 is 0 Å². The molecular weight excluding hydrogens is 244 g/mol. The molecular formula is C19H32O. The van der Waals surface area contributed by atoms with Crippen LogP contribution in [0.5, 0.6) is 0 Å². The summed E-state index contributed by atoms with van der Waals surface area (Å²) in [4.78, 5) is 0. The summed E-state index contributed by atoms with van der Waals surface area (Å²) in [6, 6.07) is 4.58. The van der Waals surface area contributed by atoms with E-state index in [1.54, 1.807) is 0 Å². The van der Waals surface area contributed by atoms with Gasteiger partial charge in [0.25, 0.3) is 0 Å². The normalized spacial score (nSPS) is 13.8. The van der Waals surface area contributed by atoms with Crippen molar-refractivity contribution in [2.75, 3.05) is 0 Å². The first-order valence-electron chi connectivity index (χ1n) is 7.90. The lowest BCUT2D eigenvalue weighted by atomic mass is 9.83. The smallest absolute Gasteiger partial charge is 0.0580 e. The number of hydrogen-bond acceptors (Lipinski definition) is 1. The van der Waals surface area contributed by atoms with E-state index in [2.05, 4.69) is 60.6 Å². The van der Waals surface area contributed by atoms with Gasteiger partial charge in [0, 0.05) is 0 Å². The molecule has 1 rings (SSSR count). The molecule has 0 saturated carbocycles. The first-order valence-corrected chi connectivity index (χ1v) is 7.90. The number of aliphatic hydroxyl groups excluding tert-OH is 1. The van der Waals surface area contributed by atoms with Gasteiger partial charge in [0.2, 0.25) is 0 Å². The maximum atomic E-state index is 10.2. The van der Waals surface area contributed by atoms with Gasteiger partial charge < -0.3 is 5.11 Å². The lowest BCUT2D eigenvalue weighted by Crippen LogP contribution is -2.16. The quantitative estimate of drug-likeness (QED) is 0.807. The van der Waals surface area contributed by atoms with E-state index >= 15 is 0 Å². The molecule has 0 fully saturated rings. The van der Waals surface area contributed by atoms with Crippen molar-refractivity contribution < 1.29 is 5.11 Å². The molecule has 0 heterocycles. The maximum Gasteiger partial charge on any atom is 0.0580 e. The number of aryl methyl sites for hydroxylation is 2. The minimum atomic E-state index is -0.213. The monoisotopic (exact) mass is 276 g/mol. The van der Waals surface area contributed by atoms with Crippen LogP contribution in [0.2, 0.25) is 0 Å². The van der Waals surface area contributed by atoms with E-state index < -0.39 is 0 Å². The molecule has 1 aromatic rings. The highest BCUT2D eigenvalue weighted by atomic mass is 16.3. The van der Waals surface area contributed by atoms with Crippen molar-refractivity contribution in [2.45, 2.75) is 79.2 Å². The van der Waals surface area contributed by atoms with Crippen molar-refractivity contribution in [1.82, 2.24) is 0 Å². The molecule has 20 heavy (non-hydrogen) atoms. The minimum Gasteiger partial charge on any atom is -0.393 e. The van der Waals surface area contributed by atoms with E-state index in [-0.39, 0.29) is 11.5 Å². The second kappa shape index (κ2) is 6.76. The summed E-state index contributed by atoms with van der Waals surface area (Å²) in [6.07, 6.45) is 2.57. The van der Waals surface area contributed by atoms with Crippen LogP contribution in [-0.2, 0) is 11.8 Å². The van der Waals surface area contributed by atoms with E-state index in [9.17, 15) is 5.11 Å². The molecule has 1 nitrogen and oxygen atoms in total. The molecule has 0 amide bonds. The topological polar surface area (TPSA) is 20.2 Å². The summed E-state index contributed by atoms with van der Waals surface area (Å²) in [6.45, 7) is 15.5. The number of benzene rings is 1. The Morgan fingerprint density at radius 1 is 1.00 bits per heavy atom. The molecule has 0 bridgehead atoms. The van der Waals surface area contributed by atoms with Crippen LogP contribution in [0.25, 0.3) is 0 Å². The van der Waals surface area contributed by atoms with Gasteiger partial charge in [-0.3, -0.25) is 0 Å². The fourth-order valence-corrected chi connectivity index (χ4v) is 2.61. The van der Waals surface area contributed by atoms with Crippen LogP contribution in [0.1, 0.15) is 69.7 Å². The molecule has 0 aromatic heterocycles. The summed E-state index contributed by atoms with van der Waals surface area (Å²) >= 11 is 0. The van der Waals surface area contributed by atoms with Crippen LogP contribution in [0, 0.1) is 19.8 Å². The third-order valence-corrected chi connectivity index (χ3v) is 4.08. The lowest BCUT2D eigenvalue weighted by molar-refractivity contribution is 0.156. The van der Waals surface area contributed by atoms with Gasteiger partial charge in [-0.15, -0.1) is 0 Å². The molecule has 1 aromatic carbocycles. The molecule has 1 N–H and O–H groups in total. The zero-order valence-electron chi connectivity index (χ0n) is 14.4. The van der Waals surface area contributed by atoms with Crippen LogP contribution in [-0.4, -0.2) is 11.2 Å². The summed E-state index contributed by atoms with van der Waals surface area (Å²) in [5.74, 6) is 0.662. The molecule has 1 atom stereocenters. The number of aliphatic hydroxyl groups is 1. The van der Waals surface area contributed by atoms with Crippen molar-refractivity contribution in [3.63, 3.8) is 0 Å². The summed E-state index contributed by atoms with van der Waals surface area (Å²) in [5, 5.41) is 10.2. The van der Waals surface area contributed by atoms with Gasteiger partial charge in [0.05, 0.1) is 6.10 Å². The van der Waals surface area contributed by atoms with Crippen molar-refractivity contribution in [2.24, 2.45) is 5.92 Å². The average Bonchev–Trinajstić information content (AvgIpc) is 2.29. The van der Waals surface area contributed by atoms with Gasteiger partial charge in [0.1, 0.15) is 0 Å². The van der Waals surface area contributed by atoms with Gasteiger partial charge in [-0.25, -0.2) is 0 Å². The second-order valence-electron chi connectivity index (χ2n) is 7.67. The summed E-state index contributed by atoms with van der Waals surface area (Å²) < 4.78 is 0. The highest BCUT2D eigenvalue weighted by Gasteiger charge is 2.17. The highest BCUT2D eigenvalue weighted by molar-refractivity contribution is 5.40. The molecule has 0 radical (unpaired) electrons. The molecule has 114 valence electrons. The Hall–Kier alpha value is -0.820. The first-order chi connectivity index (χ1) is 9.11. The van der Waals surface area contributed by atoms with E-state index in [1.807, 2.05) is 0 Å². The third kappa shape index (κ3) is 4.94. The molecule has 0 aliphatic heterocycles. The van der Waals surface area contributed by atoms with Crippen molar-refractivity contribution in [1.29, 1.82) is 0 Å². The van der Waals surface area contributed by atoms with E-state index in [1.165, 1.54) is 22.3 Å². The largest absolute Gasteiger partial charge is 0.393 e. The number of rotatable bonds is 5. The molecule has 0 aliphatic carbocycles. The predicted octanol–water partition coefficient (Wildman–Crippen LogP) is 4.94. The molecule has 0 aliphatic rings. The van der Waals surface area contributed by atoms with Crippen LogP contribution in [0.15, 0.2) is 12.1 Å². The van der Waals surface area contributed by atoms with Crippen molar-refractivity contribution in [3.8, 4) is 0 Å². The van der Waals surface area contributed by atoms with E-state index in [4.69, 9.17) is 0 Å². The fraction of sp³-hybridized carbons (Fsp3) is 0.684. The Bertz CT molecular complexity index is 415. The van der Waals surface area contributed by atoms with Gasteiger partial charge in [0.15, 0.2) is 0 Å². The molecule has 0 spiro atoms. The number of hydrogen-bond donors (Lipinski definition) is 1.